The Hall–Kier alpha value is -2.92. The van der Waals surface area contributed by atoms with Crippen LogP contribution in [0.4, 0.5) is 0 Å². The number of carbonyl (C=O) groups is 1. The molecule has 0 aliphatic heterocycles. The zero-order valence-electron chi connectivity index (χ0n) is 15.5. The Morgan fingerprint density at radius 3 is 2.37 bits per heavy atom. The summed E-state index contributed by atoms with van der Waals surface area (Å²) in [5.74, 6) is 0.809. The molecule has 2 heterocycles. The standard InChI is InChI=1S/C22H20N2O2S/c1-14(2)26-18-11-9-16(10-12-18)20-19(13-25)24-21(15(3)27-22(24)23-20)17-7-5-4-6-8-17/h4-14H,1-3H3. The fourth-order valence-corrected chi connectivity index (χ4v) is 4.25. The molecule has 0 unspecified atom stereocenters. The lowest BCUT2D eigenvalue weighted by Crippen LogP contribution is -2.05. The Balaban J connectivity index is 1.86. The molecule has 0 saturated carbocycles. The van der Waals surface area contributed by atoms with Gasteiger partial charge in [0.1, 0.15) is 17.1 Å². The van der Waals surface area contributed by atoms with Crippen molar-refractivity contribution in [2.75, 3.05) is 0 Å². The van der Waals surface area contributed by atoms with Crippen LogP contribution in [-0.2, 0) is 0 Å². The third kappa shape index (κ3) is 3.15. The number of aryl methyl sites for hydroxylation is 1. The predicted molar refractivity (Wildman–Crippen MR) is 110 cm³/mol. The highest BCUT2D eigenvalue weighted by Gasteiger charge is 2.20. The molecule has 5 heteroatoms. The van der Waals surface area contributed by atoms with E-state index in [1.165, 1.54) is 0 Å². The number of aromatic nitrogens is 2. The molecule has 0 aliphatic rings. The van der Waals surface area contributed by atoms with Crippen molar-refractivity contribution in [2.45, 2.75) is 26.9 Å². The van der Waals surface area contributed by atoms with E-state index < -0.39 is 0 Å². The van der Waals surface area contributed by atoms with E-state index in [2.05, 4.69) is 19.1 Å². The lowest BCUT2D eigenvalue weighted by molar-refractivity contribution is 0.111. The minimum absolute atomic E-state index is 0.121. The zero-order valence-corrected chi connectivity index (χ0v) is 16.3. The van der Waals surface area contributed by atoms with E-state index in [9.17, 15) is 4.79 Å². The predicted octanol–water partition coefficient (Wildman–Crippen LogP) is 5.64. The summed E-state index contributed by atoms with van der Waals surface area (Å²) in [7, 11) is 0. The summed E-state index contributed by atoms with van der Waals surface area (Å²) in [6.45, 7) is 6.05. The van der Waals surface area contributed by atoms with Crippen molar-refractivity contribution in [1.29, 1.82) is 0 Å². The summed E-state index contributed by atoms with van der Waals surface area (Å²) in [5, 5.41) is 0. The number of aldehydes is 1. The molecule has 27 heavy (non-hydrogen) atoms. The largest absolute Gasteiger partial charge is 0.491 e. The van der Waals surface area contributed by atoms with Crippen LogP contribution in [0.15, 0.2) is 54.6 Å². The zero-order chi connectivity index (χ0) is 19.0. The molecule has 4 nitrogen and oxygen atoms in total. The summed E-state index contributed by atoms with van der Waals surface area (Å²) in [6, 6.07) is 17.8. The molecular formula is C22H20N2O2S. The van der Waals surface area contributed by atoms with E-state index >= 15 is 0 Å². The summed E-state index contributed by atoms with van der Waals surface area (Å²) in [4.78, 5) is 18.7. The Bertz CT molecular complexity index is 1090. The normalized spacial score (nSPS) is 11.3. The summed E-state index contributed by atoms with van der Waals surface area (Å²) >= 11 is 1.60. The highest BCUT2D eigenvalue weighted by atomic mass is 32.1. The number of carbonyl (C=O) groups excluding carboxylic acids is 1. The van der Waals surface area contributed by atoms with Crippen molar-refractivity contribution in [2.24, 2.45) is 0 Å². The molecule has 0 amide bonds. The van der Waals surface area contributed by atoms with Gasteiger partial charge in [-0.15, -0.1) is 11.3 Å². The summed E-state index contributed by atoms with van der Waals surface area (Å²) in [6.07, 6.45) is 1.02. The number of hydrogen-bond donors (Lipinski definition) is 0. The molecular weight excluding hydrogens is 356 g/mol. The number of nitrogens with zero attached hydrogens (tertiary/aromatic N) is 2. The topological polar surface area (TPSA) is 43.6 Å². The molecule has 4 rings (SSSR count). The first-order valence-corrected chi connectivity index (χ1v) is 9.69. The molecule has 0 spiro atoms. The number of rotatable bonds is 5. The minimum Gasteiger partial charge on any atom is -0.491 e. The van der Waals surface area contributed by atoms with Gasteiger partial charge in [0.05, 0.1) is 11.8 Å². The second-order valence-corrected chi connectivity index (χ2v) is 7.83. The molecule has 2 aromatic heterocycles. The van der Waals surface area contributed by atoms with E-state index in [1.54, 1.807) is 11.3 Å². The lowest BCUT2D eigenvalue weighted by Gasteiger charge is -2.09. The van der Waals surface area contributed by atoms with Crippen molar-refractivity contribution in [3.63, 3.8) is 0 Å². The van der Waals surface area contributed by atoms with Crippen molar-refractivity contribution in [3.8, 4) is 28.3 Å². The summed E-state index contributed by atoms with van der Waals surface area (Å²) in [5.41, 5.74) is 4.28. The Morgan fingerprint density at radius 2 is 1.74 bits per heavy atom. The molecule has 0 bridgehead atoms. The van der Waals surface area contributed by atoms with Crippen molar-refractivity contribution >= 4 is 22.6 Å². The lowest BCUT2D eigenvalue weighted by atomic mass is 10.1. The number of hydrogen-bond acceptors (Lipinski definition) is 4. The van der Waals surface area contributed by atoms with Gasteiger partial charge in [0.2, 0.25) is 0 Å². The van der Waals surface area contributed by atoms with E-state index in [-0.39, 0.29) is 6.10 Å². The average molecular weight is 376 g/mol. The van der Waals surface area contributed by atoms with Gasteiger partial charge in [0.25, 0.3) is 0 Å². The molecule has 0 fully saturated rings. The number of thiazole rings is 1. The monoisotopic (exact) mass is 376 g/mol. The Labute approximate surface area is 162 Å². The van der Waals surface area contributed by atoms with Gasteiger partial charge in [-0.2, -0.15) is 0 Å². The van der Waals surface area contributed by atoms with Crippen molar-refractivity contribution in [1.82, 2.24) is 9.38 Å². The molecule has 0 atom stereocenters. The number of imidazole rings is 1. The van der Waals surface area contributed by atoms with E-state index in [4.69, 9.17) is 9.72 Å². The SMILES string of the molecule is Cc1sc2nc(-c3ccc(OC(C)C)cc3)c(C=O)n2c1-c1ccccc1. The first-order valence-electron chi connectivity index (χ1n) is 8.88. The first kappa shape index (κ1) is 17.5. The Kier molecular flexibility index (Phi) is 4.54. The van der Waals surface area contributed by atoms with Crippen LogP contribution in [-0.4, -0.2) is 21.8 Å². The van der Waals surface area contributed by atoms with Crippen LogP contribution >= 0.6 is 11.3 Å². The van der Waals surface area contributed by atoms with Crippen LogP contribution in [0.3, 0.4) is 0 Å². The maximum absolute atomic E-state index is 12.0. The van der Waals surface area contributed by atoms with E-state index in [0.717, 1.165) is 38.7 Å². The smallest absolute Gasteiger partial charge is 0.195 e. The second-order valence-electron chi connectivity index (χ2n) is 6.65. The third-order valence-corrected chi connectivity index (χ3v) is 5.30. The van der Waals surface area contributed by atoms with Gasteiger partial charge >= 0.3 is 0 Å². The van der Waals surface area contributed by atoms with Crippen molar-refractivity contribution in [3.05, 3.63) is 65.2 Å². The average Bonchev–Trinajstić information content (AvgIpc) is 3.16. The van der Waals surface area contributed by atoms with Gasteiger partial charge in [-0.3, -0.25) is 9.20 Å². The second kappa shape index (κ2) is 7.00. The number of fused-ring (bicyclic) bond motifs is 1. The van der Waals surface area contributed by atoms with Crippen LogP contribution in [0.5, 0.6) is 5.75 Å². The van der Waals surface area contributed by atoms with Crippen LogP contribution in [0, 0.1) is 6.92 Å². The fraction of sp³-hybridized carbons (Fsp3) is 0.182. The van der Waals surface area contributed by atoms with Gasteiger partial charge in [-0.05, 0) is 50.6 Å². The van der Waals surface area contributed by atoms with Crippen LogP contribution in [0.2, 0.25) is 0 Å². The van der Waals surface area contributed by atoms with Gasteiger partial charge < -0.3 is 4.74 Å². The van der Waals surface area contributed by atoms with Crippen LogP contribution < -0.4 is 4.74 Å². The molecule has 136 valence electrons. The van der Waals surface area contributed by atoms with Gasteiger partial charge in [0, 0.05) is 10.4 Å². The van der Waals surface area contributed by atoms with Crippen molar-refractivity contribution < 1.29 is 9.53 Å². The number of benzene rings is 2. The highest BCUT2D eigenvalue weighted by Crippen LogP contribution is 2.35. The molecule has 0 N–H and O–H groups in total. The quantitative estimate of drug-likeness (QED) is 0.424. The maximum atomic E-state index is 12.0. The molecule has 0 saturated heterocycles. The molecule has 2 aromatic carbocycles. The molecule has 0 radical (unpaired) electrons. The van der Waals surface area contributed by atoms with Crippen LogP contribution in [0.25, 0.3) is 27.5 Å². The Morgan fingerprint density at radius 1 is 1.04 bits per heavy atom. The maximum Gasteiger partial charge on any atom is 0.195 e. The fourth-order valence-electron chi connectivity index (χ4n) is 3.25. The highest BCUT2D eigenvalue weighted by molar-refractivity contribution is 7.17. The van der Waals surface area contributed by atoms with Gasteiger partial charge in [-0.25, -0.2) is 4.98 Å². The molecule has 4 aromatic rings. The summed E-state index contributed by atoms with van der Waals surface area (Å²) < 4.78 is 7.67. The third-order valence-electron chi connectivity index (χ3n) is 4.34. The first-order chi connectivity index (χ1) is 13.1. The van der Waals surface area contributed by atoms with Crippen LogP contribution in [0.1, 0.15) is 29.2 Å². The molecule has 0 aliphatic carbocycles. The van der Waals surface area contributed by atoms with Gasteiger partial charge in [-0.1, -0.05) is 30.3 Å². The minimum atomic E-state index is 0.121. The van der Waals surface area contributed by atoms with Gasteiger partial charge in [0.15, 0.2) is 11.2 Å². The van der Waals surface area contributed by atoms with E-state index in [0.29, 0.717) is 11.4 Å². The van der Waals surface area contributed by atoms with E-state index in [1.807, 2.05) is 60.7 Å². The number of ether oxygens (including phenoxy) is 1.